The van der Waals surface area contributed by atoms with Gasteiger partial charge in [0, 0.05) is 11.3 Å². The molecule has 0 radical (unpaired) electrons. The number of ether oxygens (including phenoxy) is 2. The molecule has 1 saturated heterocycles. The molecule has 0 aromatic heterocycles. The molecule has 0 atom stereocenters. The minimum atomic E-state index is -0.635. The number of nitrogens with one attached hydrogen (secondary N) is 1. The van der Waals surface area contributed by atoms with Gasteiger partial charge < -0.3 is 14.8 Å². The van der Waals surface area contributed by atoms with Crippen molar-refractivity contribution in [2.45, 2.75) is 26.4 Å². The van der Waals surface area contributed by atoms with Crippen LogP contribution in [-0.2, 0) is 20.9 Å². The fourth-order valence-electron chi connectivity index (χ4n) is 3.74. The summed E-state index contributed by atoms with van der Waals surface area (Å²) < 4.78 is 24.2. The van der Waals surface area contributed by atoms with Crippen LogP contribution in [0.25, 0.3) is 6.08 Å². The Kier molecular flexibility index (Phi) is 10.2. The second kappa shape index (κ2) is 14.0. The second-order valence-corrected chi connectivity index (χ2v) is 10.4. The molecule has 8 nitrogen and oxygen atoms in total. The number of esters is 1. The van der Waals surface area contributed by atoms with Crippen molar-refractivity contribution in [2.24, 2.45) is 0 Å². The molecular weight excluding hydrogens is 571 g/mol. The van der Waals surface area contributed by atoms with Crippen molar-refractivity contribution < 1.29 is 33.0 Å². The summed E-state index contributed by atoms with van der Waals surface area (Å²) in [7, 11) is 0. The molecule has 3 amide bonds. The van der Waals surface area contributed by atoms with Crippen LogP contribution in [0, 0.1) is 5.82 Å². The van der Waals surface area contributed by atoms with E-state index in [0.717, 1.165) is 16.9 Å². The molecule has 11 heteroatoms. The largest absolute Gasteiger partial charge is 0.488 e. The molecule has 1 heterocycles. The van der Waals surface area contributed by atoms with Gasteiger partial charge in [-0.1, -0.05) is 55.3 Å². The quantitative estimate of drug-likeness (QED) is 0.149. The zero-order chi connectivity index (χ0) is 29.4. The molecule has 41 heavy (non-hydrogen) atoms. The average molecular weight is 597 g/mol. The third kappa shape index (κ3) is 7.96. The van der Waals surface area contributed by atoms with E-state index in [1.165, 1.54) is 36.4 Å². The first-order valence-corrected chi connectivity index (χ1v) is 13.9. The zero-order valence-corrected chi connectivity index (χ0v) is 23.6. The fourth-order valence-corrected chi connectivity index (χ4v) is 4.76. The molecule has 0 spiro atoms. The maximum Gasteiger partial charge on any atom is 0.339 e. The summed E-state index contributed by atoms with van der Waals surface area (Å²) in [5.41, 5.74) is 1.67. The number of anilines is 1. The molecule has 1 aliphatic heterocycles. The highest BCUT2D eigenvalue weighted by Gasteiger charge is 2.36. The Morgan fingerprint density at radius 3 is 2.59 bits per heavy atom. The number of para-hydroxylation sites is 1. The fraction of sp³-hybridized carbons (Fsp3) is 0.200. The van der Waals surface area contributed by atoms with Gasteiger partial charge in [0.1, 0.15) is 24.7 Å². The summed E-state index contributed by atoms with van der Waals surface area (Å²) in [6, 6.07) is 17.2. The van der Waals surface area contributed by atoms with Crippen LogP contribution >= 0.6 is 23.4 Å². The Morgan fingerprint density at radius 2 is 1.83 bits per heavy atom. The van der Waals surface area contributed by atoms with Crippen LogP contribution in [0.4, 0.5) is 14.9 Å². The van der Waals surface area contributed by atoms with Crippen molar-refractivity contribution in [3.8, 4) is 5.75 Å². The lowest BCUT2D eigenvalue weighted by Crippen LogP contribution is -2.36. The lowest BCUT2D eigenvalue weighted by Gasteiger charge is -2.13. The molecule has 1 fully saturated rings. The van der Waals surface area contributed by atoms with Gasteiger partial charge in [-0.15, -0.1) is 0 Å². The molecule has 212 valence electrons. The molecule has 0 bridgehead atoms. The van der Waals surface area contributed by atoms with E-state index in [1.54, 1.807) is 36.4 Å². The molecule has 4 rings (SSSR count). The monoisotopic (exact) mass is 596 g/mol. The number of nitrogens with zero attached hydrogens (tertiary/aromatic N) is 1. The predicted molar refractivity (Wildman–Crippen MR) is 155 cm³/mol. The number of thioether (sulfide) groups is 1. The summed E-state index contributed by atoms with van der Waals surface area (Å²) >= 11 is 6.83. The molecule has 1 aliphatic rings. The number of hydrogen-bond donors (Lipinski definition) is 1. The number of imide groups is 1. The first kappa shape index (κ1) is 29.8. The van der Waals surface area contributed by atoms with Crippen LogP contribution in [0.1, 0.15) is 41.3 Å². The van der Waals surface area contributed by atoms with E-state index in [9.17, 15) is 23.6 Å². The van der Waals surface area contributed by atoms with Crippen molar-refractivity contribution in [2.75, 3.05) is 18.5 Å². The van der Waals surface area contributed by atoms with Crippen LogP contribution < -0.4 is 10.1 Å². The van der Waals surface area contributed by atoms with Gasteiger partial charge in [-0.25, -0.2) is 9.18 Å². The summed E-state index contributed by atoms with van der Waals surface area (Å²) in [5.74, 6) is -1.76. The predicted octanol–water partition coefficient (Wildman–Crippen LogP) is 6.69. The Bertz CT molecular complexity index is 1490. The second-order valence-electron chi connectivity index (χ2n) is 8.95. The molecule has 0 aliphatic carbocycles. The van der Waals surface area contributed by atoms with Gasteiger partial charge in [0.25, 0.3) is 11.1 Å². The lowest BCUT2D eigenvalue weighted by molar-refractivity contribution is -0.127. The highest BCUT2D eigenvalue weighted by Crippen LogP contribution is 2.34. The molecule has 0 unspecified atom stereocenters. The summed E-state index contributed by atoms with van der Waals surface area (Å²) in [6.07, 6.45) is 3.09. The van der Waals surface area contributed by atoms with Crippen LogP contribution in [-0.4, -0.2) is 41.1 Å². The summed E-state index contributed by atoms with van der Waals surface area (Å²) in [6.45, 7) is 1.87. The van der Waals surface area contributed by atoms with E-state index in [-0.39, 0.29) is 40.2 Å². The topological polar surface area (TPSA) is 102 Å². The summed E-state index contributed by atoms with van der Waals surface area (Å²) in [4.78, 5) is 51.7. The minimum Gasteiger partial charge on any atom is -0.488 e. The van der Waals surface area contributed by atoms with E-state index in [1.807, 2.05) is 6.92 Å². The summed E-state index contributed by atoms with van der Waals surface area (Å²) in [5, 5.41) is 2.15. The number of carbonyl (C=O) groups is 4. The first-order chi connectivity index (χ1) is 19.7. The Hall–Kier alpha value is -4.15. The van der Waals surface area contributed by atoms with Gasteiger partial charge in [-0.3, -0.25) is 19.3 Å². The van der Waals surface area contributed by atoms with Crippen LogP contribution in [0.15, 0.2) is 71.6 Å². The molecule has 1 N–H and O–H groups in total. The molecule has 3 aromatic rings. The van der Waals surface area contributed by atoms with Crippen molar-refractivity contribution in [1.82, 2.24) is 4.90 Å². The van der Waals surface area contributed by atoms with Crippen molar-refractivity contribution >= 4 is 58.1 Å². The smallest absolute Gasteiger partial charge is 0.339 e. The normalized spacial score (nSPS) is 13.9. The van der Waals surface area contributed by atoms with E-state index in [0.29, 0.717) is 29.5 Å². The third-order valence-corrected chi connectivity index (χ3v) is 7.13. The van der Waals surface area contributed by atoms with E-state index >= 15 is 0 Å². The molecule has 0 saturated carbocycles. The minimum absolute atomic E-state index is 0.0926. The van der Waals surface area contributed by atoms with Gasteiger partial charge in [-0.2, -0.15) is 0 Å². The van der Waals surface area contributed by atoms with Gasteiger partial charge in [0.15, 0.2) is 0 Å². The maximum absolute atomic E-state index is 13.2. The number of carbonyl (C=O) groups excluding carboxylic acids is 4. The number of benzene rings is 3. The Balaban J connectivity index is 1.40. The number of amides is 3. The molecular formula is C30H26ClFN2O6S. The Morgan fingerprint density at radius 1 is 1.07 bits per heavy atom. The average Bonchev–Trinajstić information content (AvgIpc) is 3.21. The van der Waals surface area contributed by atoms with Crippen molar-refractivity contribution in [1.29, 1.82) is 0 Å². The van der Waals surface area contributed by atoms with Crippen molar-refractivity contribution in [3.05, 3.63) is 99.2 Å². The number of halogens is 2. The third-order valence-electron chi connectivity index (χ3n) is 5.89. The highest BCUT2D eigenvalue weighted by molar-refractivity contribution is 8.18. The van der Waals surface area contributed by atoms with Crippen LogP contribution in [0.5, 0.6) is 5.75 Å². The van der Waals surface area contributed by atoms with Gasteiger partial charge >= 0.3 is 5.97 Å². The van der Waals surface area contributed by atoms with Crippen LogP contribution in [0.3, 0.4) is 0 Å². The number of hydrogen-bond acceptors (Lipinski definition) is 7. The van der Waals surface area contributed by atoms with E-state index in [4.69, 9.17) is 21.1 Å². The first-order valence-electron chi connectivity index (χ1n) is 12.7. The van der Waals surface area contributed by atoms with Gasteiger partial charge in [-0.05, 0) is 66.2 Å². The van der Waals surface area contributed by atoms with E-state index in [2.05, 4.69) is 5.32 Å². The van der Waals surface area contributed by atoms with Gasteiger partial charge in [0.05, 0.1) is 22.1 Å². The SMILES string of the molecule is CCCCOC(=O)c1cc(NC(=O)CN2C(=O)S/C(=C\c3ccccc3OCc3ccc(F)cc3)C2=O)ccc1Cl. The van der Waals surface area contributed by atoms with E-state index < -0.39 is 29.6 Å². The standard InChI is InChI=1S/C30H26ClFN2O6S/c1-2-3-14-39-29(37)23-16-22(12-13-24(23)31)33-27(35)17-34-28(36)26(41-30(34)38)15-20-6-4-5-7-25(20)40-18-19-8-10-21(32)11-9-19/h4-13,15-16H,2-3,14,17-18H2,1H3,(H,33,35)/b26-15-. The molecule has 3 aromatic carbocycles. The Labute approximate surface area is 245 Å². The zero-order valence-electron chi connectivity index (χ0n) is 22.0. The number of unbranched alkanes of at least 4 members (excludes halogenated alkanes) is 1. The van der Waals surface area contributed by atoms with Crippen LogP contribution in [0.2, 0.25) is 5.02 Å². The van der Waals surface area contributed by atoms with Crippen molar-refractivity contribution in [3.63, 3.8) is 0 Å². The highest BCUT2D eigenvalue weighted by atomic mass is 35.5. The number of rotatable bonds is 11. The van der Waals surface area contributed by atoms with Gasteiger partial charge in [0.2, 0.25) is 5.91 Å². The maximum atomic E-state index is 13.2. The lowest BCUT2D eigenvalue weighted by atomic mass is 10.1.